The Bertz CT molecular complexity index is 2510. The molecule has 2 aromatic heterocycles. The van der Waals surface area contributed by atoms with Crippen LogP contribution in [0.4, 0.5) is 0 Å². The maximum Gasteiger partial charge on any atom is 0.149 e. The van der Waals surface area contributed by atoms with Crippen LogP contribution in [0.1, 0.15) is 5.56 Å². The number of aromatic nitrogens is 2. The zero-order valence-electron chi connectivity index (χ0n) is 25.9. The average Bonchev–Trinajstić information content (AvgIpc) is 3.73. The van der Waals surface area contributed by atoms with E-state index in [2.05, 4.69) is 169 Å². The number of nitrogens with zero attached hydrogens (tertiary/aromatic N) is 2. The molecule has 0 saturated carbocycles. The van der Waals surface area contributed by atoms with E-state index in [0.717, 1.165) is 66.9 Å². The third-order valence-corrected chi connectivity index (χ3v) is 9.12. The van der Waals surface area contributed by atoms with Crippen molar-refractivity contribution in [3.8, 4) is 50.5 Å². The van der Waals surface area contributed by atoms with Gasteiger partial charge < -0.3 is 4.42 Å². The zero-order valence-corrected chi connectivity index (χ0v) is 25.9. The Hall–Kier alpha value is -6.19. The molecule has 0 spiro atoms. The lowest BCUT2D eigenvalue weighted by molar-refractivity contribution is 0.616. The van der Waals surface area contributed by atoms with E-state index in [9.17, 15) is 0 Å². The van der Waals surface area contributed by atoms with Gasteiger partial charge in [-0.25, -0.2) is 4.98 Å². The summed E-state index contributed by atoms with van der Waals surface area (Å²) in [6.45, 7) is 2.17. The van der Waals surface area contributed by atoms with Crippen molar-refractivity contribution in [2.45, 2.75) is 6.92 Å². The highest BCUT2D eigenvalue weighted by molar-refractivity contribution is 6.02. The molecule has 0 saturated heterocycles. The van der Waals surface area contributed by atoms with Crippen LogP contribution in [-0.4, -0.2) is 9.55 Å². The molecule has 2 heterocycles. The summed E-state index contributed by atoms with van der Waals surface area (Å²) in [7, 11) is 0. The topological polar surface area (TPSA) is 31.0 Å². The molecule has 0 aliphatic rings. The minimum atomic E-state index is 0.832. The van der Waals surface area contributed by atoms with Gasteiger partial charge >= 0.3 is 0 Å². The summed E-state index contributed by atoms with van der Waals surface area (Å²) in [6.07, 6.45) is 1.87. The Morgan fingerprint density at radius 1 is 0.511 bits per heavy atom. The predicted molar refractivity (Wildman–Crippen MR) is 195 cm³/mol. The molecule has 9 aromatic rings. The van der Waals surface area contributed by atoms with Gasteiger partial charge in [-0.15, -0.1) is 0 Å². The number of imidazole rings is 1. The highest BCUT2D eigenvalue weighted by atomic mass is 16.3. The minimum Gasteiger partial charge on any atom is -0.464 e. The summed E-state index contributed by atoms with van der Waals surface area (Å²) < 4.78 is 8.61. The smallest absolute Gasteiger partial charge is 0.149 e. The van der Waals surface area contributed by atoms with E-state index in [1.807, 2.05) is 6.26 Å². The molecule has 0 atom stereocenters. The molecule has 0 amide bonds. The van der Waals surface area contributed by atoms with E-state index in [-0.39, 0.29) is 0 Å². The molecule has 0 bridgehead atoms. The molecule has 3 nitrogen and oxygen atoms in total. The summed E-state index contributed by atoms with van der Waals surface area (Å²) in [6, 6.07) is 55.9. The maximum atomic E-state index is 6.26. The molecule has 0 aliphatic heterocycles. The molecular weight excluding hydrogens is 572 g/mol. The molecule has 0 fully saturated rings. The Balaban J connectivity index is 1.36. The summed E-state index contributed by atoms with van der Waals surface area (Å²) in [5.41, 5.74) is 13.0. The largest absolute Gasteiger partial charge is 0.464 e. The van der Waals surface area contributed by atoms with Crippen LogP contribution in [0, 0.1) is 6.92 Å². The lowest BCUT2D eigenvalue weighted by Crippen LogP contribution is -2.03. The zero-order chi connectivity index (χ0) is 31.3. The van der Waals surface area contributed by atoms with E-state index in [4.69, 9.17) is 9.40 Å². The van der Waals surface area contributed by atoms with Crippen molar-refractivity contribution >= 4 is 32.8 Å². The van der Waals surface area contributed by atoms with Crippen molar-refractivity contribution in [1.82, 2.24) is 9.55 Å². The lowest BCUT2D eigenvalue weighted by Gasteiger charge is -2.20. The van der Waals surface area contributed by atoms with Gasteiger partial charge in [-0.05, 0) is 81.9 Å². The summed E-state index contributed by atoms with van der Waals surface area (Å²) in [4.78, 5) is 5.33. The third-order valence-electron chi connectivity index (χ3n) is 9.12. The van der Waals surface area contributed by atoms with Gasteiger partial charge in [-0.1, -0.05) is 121 Å². The molecule has 0 N–H and O–H groups in total. The summed E-state index contributed by atoms with van der Waals surface area (Å²) >= 11 is 0. The maximum absolute atomic E-state index is 6.26. The molecular formula is C44H30N2O. The number of para-hydroxylation sites is 2. The summed E-state index contributed by atoms with van der Waals surface area (Å²) in [5.74, 6) is 0.846. The first-order chi connectivity index (χ1) is 23.2. The molecule has 47 heavy (non-hydrogen) atoms. The first-order valence-corrected chi connectivity index (χ1v) is 16.0. The number of aryl methyl sites for hydroxylation is 1. The molecule has 0 radical (unpaired) electrons. The van der Waals surface area contributed by atoms with Crippen molar-refractivity contribution in [2.75, 3.05) is 0 Å². The third kappa shape index (κ3) is 4.55. The number of furan rings is 1. The van der Waals surface area contributed by atoms with E-state index >= 15 is 0 Å². The van der Waals surface area contributed by atoms with Crippen LogP contribution >= 0.6 is 0 Å². The van der Waals surface area contributed by atoms with Gasteiger partial charge in [0.2, 0.25) is 0 Å². The van der Waals surface area contributed by atoms with Gasteiger partial charge in [0.25, 0.3) is 0 Å². The van der Waals surface area contributed by atoms with Crippen LogP contribution in [0.2, 0.25) is 0 Å². The van der Waals surface area contributed by atoms with Crippen molar-refractivity contribution in [3.05, 3.63) is 170 Å². The monoisotopic (exact) mass is 602 g/mol. The fourth-order valence-electron chi connectivity index (χ4n) is 6.98. The first kappa shape index (κ1) is 27.1. The highest BCUT2D eigenvalue weighted by Gasteiger charge is 2.24. The lowest BCUT2D eigenvalue weighted by atomic mass is 9.93. The normalized spacial score (nSPS) is 11.5. The van der Waals surface area contributed by atoms with E-state index in [1.54, 1.807) is 0 Å². The molecule has 0 aliphatic carbocycles. The van der Waals surface area contributed by atoms with Crippen LogP contribution in [0.25, 0.3) is 83.2 Å². The number of hydrogen-bond acceptors (Lipinski definition) is 2. The van der Waals surface area contributed by atoms with Crippen LogP contribution in [0.3, 0.4) is 0 Å². The van der Waals surface area contributed by atoms with Gasteiger partial charge in [0.05, 0.1) is 22.3 Å². The van der Waals surface area contributed by atoms with Crippen LogP contribution in [0.5, 0.6) is 0 Å². The fraction of sp³-hybridized carbons (Fsp3) is 0.0227. The number of hydrogen-bond donors (Lipinski definition) is 0. The van der Waals surface area contributed by atoms with Gasteiger partial charge in [-0.3, -0.25) is 4.57 Å². The standard InChI is InChI=1S/C44H30N2O/c1-29-25-36(31-13-4-2-5-14-31)43(37(26-29)32-15-6-3-7-16-32)46-41-22-11-10-21-40(41)45-44(46)39-28-47-42-24-23-33(27-38(39)42)35-20-12-18-30-17-8-9-19-34(30)35/h2-28H,1H3. The van der Waals surface area contributed by atoms with Crippen LogP contribution in [-0.2, 0) is 0 Å². The van der Waals surface area contributed by atoms with E-state index in [0.29, 0.717) is 0 Å². The molecule has 222 valence electrons. The predicted octanol–water partition coefficient (Wildman–Crippen LogP) is 11.9. The quantitative estimate of drug-likeness (QED) is 0.196. The highest BCUT2D eigenvalue weighted by Crippen LogP contribution is 2.43. The average molecular weight is 603 g/mol. The second-order valence-electron chi connectivity index (χ2n) is 12.1. The van der Waals surface area contributed by atoms with E-state index in [1.165, 1.54) is 21.9 Å². The Morgan fingerprint density at radius 3 is 1.94 bits per heavy atom. The second kappa shape index (κ2) is 11.0. The summed E-state index contributed by atoms with van der Waals surface area (Å²) in [5, 5.41) is 3.48. The number of benzene rings is 7. The molecule has 0 unspecified atom stereocenters. The van der Waals surface area contributed by atoms with Gasteiger partial charge in [0, 0.05) is 16.5 Å². The van der Waals surface area contributed by atoms with Crippen molar-refractivity contribution < 1.29 is 4.42 Å². The fourth-order valence-corrected chi connectivity index (χ4v) is 6.98. The van der Waals surface area contributed by atoms with Crippen molar-refractivity contribution in [3.63, 3.8) is 0 Å². The molecule has 9 rings (SSSR count). The van der Waals surface area contributed by atoms with Crippen molar-refractivity contribution in [1.29, 1.82) is 0 Å². The molecule has 7 aromatic carbocycles. The first-order valence-electron chi connectivity index (χ1n) is 16.0. The minimum absolute atomic E-state index is 0.832. The van der Waals surface area contributed by atoms with Gasteiger partial charge in [0.15, 0.2) is 0 Å². The Morgan fingerprint density at radius 2 is 1.17 bits per heavy atom. The van der Waals surface area contributed by atoms with Gasteiger partial charge in [-0.2, -0.15) is 0 Å². The molecule has 3 heteroatoms. The Labute approximate surface area is 273 Å². The van der Waals surface area contributed by atoms with Crippen molar-refractivity contribution in [2.24, 2.45) is 0 Å². The van der Waals surface area contributed by atoms with Crippen LogP contribution < -0.4 is 0 Å². The number of fused-ring (bicyclic) bond motifs is 3. The van der Waals surface area contributed by atoms with Gasteiger partial charge in [0.1, 0.15) is 17.7 Å². The SMILES string of the molecule is Cc1cc(-c2ccccc2)c(-n2c(-c3coc4ccc(-c5cccc6ccccc56)cc34)nc3ccccc32)c(-c2ccccc2)c1. The number of rotatable bonds is 5. The second-order valence-corrected chi connectivity index (χ2v) is 12.1. The van der Waals surface area contributed by atoms with E-state index < -0.39 is 0 Å². The van der Waals surface area contributed by atoms with Crippen LogP contribution in [0.15, 0.2) is 168 Å². The Kier molecular flexibility index (Phi) is 6.36.